The summed E-state index contributed by atoms with van der Waals surface area (Å²) in [6.07, 6.45) is 0. The molecule has 0 aliphatic carbocycles. The maximum atomic E-state index is 6.62. The molecular formula is C64H43NO. The SMILES string of the molecule is c1ccc(-c2ccc(-c3ccc(N(c4ccc(-c5cc(-c6ccccc6)cc(-c6ccccc6)c5)cc4)c4cccc(-c5cccc6oc7c8ccccc8ccc7c56)c4)cc3)cc2)cc1. The zero-order chi connectivity index (χ0) is 43.8. The lowest BCUT2D eigenvalue weighted by Crippen LogP contribution is -2.10. The van der Waals surface area contributed by atoms with Gasteiger partial charge in [-0.05, 0) is 139 Å². The Labute approximate surface area is 384 Å². The molecule has 0 radical (unpaired) electrons. The van der Waals surface area contributed by atoms with Crippen molar-refractivity contribution in [3.63, 3.8) is 0 Å². The normalized spacial score (nSPS) is 11.3. The molecule has 0 aliphatic heterocycles. The van der Waals surface area contributed by atoms with Gasteiger partial charge >= 0.3 is 0 Å². The fourth-order valence-corrected chi connectivity index (χ4v) is 9.53. The Bertz CT molecular complexity index is 3590. The van der Waals surface area contributed by atoms with Gasteiger partial charge in [0.2, 0.25) is 0 Å². The molecule has 310 valence electrons. The maximum absolute atomic E-state index is 6.62. The number of hydrogen-bond acceptors (Lipinski definition) is 2. The van der Waals surface area contributed by atoms with Crippen LogP contribution in [-0.4, -0.2) is 0 Å². The largest absolute Gasteiger partial charge is 0.455 e. The fraction of sp³-hybridized carbons (Fsp3) is 0. The Hall–Kier alpha value is -8.72. The maximum Gasteiger partial charge on any atom is 0.143 e. The first-order valence-electron chi connectivity index (χ1n) is 22.6. The first-order chi connectivity index (χ1) is 32.7. The van der Waals surface area contributed by atoms with Crippen LogP contribution in [0.3, 0.4) is 0 Å². The van der Waals surface area contributed by atoms with Gasteiger partial charge in [-0.3, -0.25) is 0 Å². The molecule has 0 spiro atoms. The number of nitrogens with zero attached hydrogens (tertiary/aromatic N) is 1. The van der Waals surface area contributed by atoms with E-state index in [2.05, 4.69) is 266 Å². The highest BCUT2D eigenvalue weighted by molar-refractivity contribution is 6.19. The van der Waals surface area contributed by atoms with Gasteiger partial charge in [-0.1, -0.05) is 194 Å². The molecule has 0 amide bonds. The number of anilines is 3. The number of fused-ring (bicyclic) bond motifs is 5. The molecule has 12 aromatic rings. The van der Waals surface area contributed by atoms with E-state index in [0.29, 0.717) is 0 Å². The van der Waals surface area contributed by atoms with Gasteiger partial charge in [0, 0.05) is 33.2 Å². The van der Waals surface area contributed by atoms with Crippen molar-refractivity contribution in [1.29, 1.82) is 0 Å². The average molecular weight is 842 g/mol. The van der Waals surface area contributed by atoms with Crippen molar-refractivity contribution in [1.82, 2.24) is 0 Å². The van der Waals surface area contributed by atoms with Crippen molar-refractivity contribution in [3.8, 4) is 66.8 Å². The van der Waals surface area contributed by atoms with Gasteiger partial charge in [0.05, 0.1) is 0 Å². The lowest BCUT2D eigenvalue weighted by molar-refractivity contribution is 0.673. The Morgan fingerprint density at radius 3 is 1.26 bits per heavy atom. The Balaban J connectivity index is 0.959. The highest BCUT2D eigenvalue weighted by Crippen LogP contribution is 2.43. The first-order valence-corrected chi connectivity index (χ1v) is 22.6. The van der Waals surface area contributed by atoms with Gasteiger partial charge in [0.25, 0.3) is 0 Å². The van der Waals surface area contributed by atoms with Crippen molar-refractivity contribution in [2.45, 2.75) is 0 Å². The number of rotatable bonds is 9. The molecule has 1 aromatic heterocycles. The first kappa shape index (κ1) is 38.9. The van der Waals surface area contributed by atoms with Gasteiger partial charge in [-0.2, -0.15) is 0 Å². The summed E-state index contributed by atoms with van der Waals surface area (Å²) < 4.78 is 6.62. The highest BCUT2D eigenvalue weighted by Gasteiger charge is 2.18. The molecule has 0 atom stereocenters. The van der Waals surface area contributed by atoms with E-state index in [4.69, 9.17) is 4.42 Å². The van der Waals surface area contributed by atoms with Crippen LogP contribution in [-0.2, 0) is 0 Å². The van der Waals surface area contributed by atoms with Crippen LogP contribution in [0, 0.1) is 0 Å². The minimum Gasteiger partial charge on any atom is -0.455 e. The van der Waals surface area contributed by atoms with Crippen molar-refractivity contribution in [2.24, 2.45) is 0 Å². The van der Waals surface area contributed by atoms with Gasteiger partial charge in [-0.15, -0.1) is 0 Å². The van der Waals surface area contributed by atoms with Crippen LogP contribution in [0.5, 0.6) is 0 Å². The van der Waals surface area contributed by atoms with E-state index in [0.717, 1.165) is 61.1 Å². The van der Waals surface area contributed by atoms with Crippen molar-refractivity contribution in [3.05, 3.63) is 261 Å². The van der Waals surface area contributed by atoms with E-state index >= 15 is 0 Å². The van der Waals surface area contributed by atoms with E-state index in [-0.39, 0.29) is 0 Å². The molecule has 0 unspecified atom stereocenters. The number of benzene rings is 11. The van der Waals surface area contributed by atoms with Gasteiger partial charge < -0.3 is 9.32 Å². The third-order valence-electron chi connectivity index (χ3n) is 12.9. The third-order valence-corrected chi connectivity index (χ3v) is 12.9. The number of hydrogen-bond donors (Lipinski definition) is 0. The summed E-state index contributed by atoms with van der Waals surface area (Å²) in [5.74, 6) is 0. The van der Waals surface area contributed by atoms with Crippen LogP contribution in [0.25, 0.3) is 99.5 Å². The van der Waals surface area contributed by atoms with Crippen molar-refractivity contribution in [2.75, 3.05) is 4.90 Å². The Morgan fingerprint density at radius 2 is 0.697 bits per heavy atom. The van der Waals surface area contributed by atoms with Gasteiger partial charge in [0.1, 0.15) is 11.2 Å². The van der Waals surface area contributed by atoms with Gasteiger partial charge in [0.15, 0.2) is 0 Å². The molecule has 1 heterocycles. The zero-order valence-electron chi connectivity index (χ0n) is 36.2. The molecule has 66 heavy (non-hydrogen) atoms. The molecule has 0 fully saturated rings. The van der Waals surface area contributed by atoms with Crippen molar-refractivity contribution >= 4 is 49.8 Å². The molecule has 0 aliphatic rings. The summed E-state index contributed by atoms with van der Waals surface area (Å²) in [4.78, 5) is 2.37. The van der Waals surface area contributed by atoms with E-state index in [1.54, 1.807) is 0 Å². The molecule has 0 N–H and O–H groups in total. The summed E-state index contributed by atoms with van der Waals surface area (Å²) in [5, 5.41) is 4.54. The lowest BCUT2D eigenvalue weighted by atomic mass is 9.93. The van der Waals surface area contributed by atoms with E-state index in [1.165, 1.54) is 55.5 Å². The summed E-state index contributed by atoms with van der Waals surface area (Å²) in [7, 11) is 0. The molecule has 12 rings (SSSR count). The van der Waals surface area contributed by atoms with Crippen LogP contribution in [0.1, 0.15) is 0 Å². The lowest BCUT2D eigenvalue weighted by Gasteiger charge is -2.26. The predicted molar refractivity (Wildman–Crippen MR) is 279 cm³/mol. The average Bonchev–Trinajstić information content (AvgIpc) is 3.80. The molecule has 11 aromatic carbocycles. The summed E-state index contributed by atoms with van der Waals surface area (Å²) in [6.45, 7) is 0. The molecule has 0 saturated carbocycles. The minimum absolute atomic E-state index is 0.885. The monoisotopic (exact) mass is 841 g/mol. The Kier molecular flexibility index (Phi) is 9.89. The summed E-state index contributed by atoms with van der Waals surface area (Å²) >= 11 is 0. The van der Waals surface area contributed by atoms with Crippen LogP contribution in [0.15, 0.2) is 265 Å². The van der Waals surface area contributed by atoms with Crippen LogP contribution >= 0.6 is 0 Å². The summed E-state index contributed by atoms with van der Waals surface area (Å²) in [5.41, 5.74) is 19.2. The molecule has 0 saturated heterocycles. The van der Waals surface area contributed by atoms with Crippen LogP contribution < -0.4 is 4.90 Å². The molecule has 0 bridgehead atoms. The zero-order valence-corrected chi connectivity index (χ0v) is 36.2. The fourth-order valence-electron chi connectivity index (χ4n) is 9.53. The van der Waals surface area contributed by atoms with Crippen LogP contribution in [0.4, 0.5) is 17.1 Å². The van der Waals surface area contributed by atoms with Crippen LogP contribution in [0.2, 0.25) is 0 Å². The highest BCUT2D eigenvalue weighted by atomic mass is 16.3. The van der Waals surface area contributed by atoms with E-state index < -0.39 is 0 Å². The quantitative estimate of drug-likeness (QED) is 0.144. The second-order valence-corrected chi connectivity index (χ2v) is 16.9. The molecular weight excluding hydrogens is 799 g/mol. The smallest absolute Gasteiger partial charge is 0.143 e. The van der Waals surface area contributed by atoms with E-state index in [1.807, 2.05) is 0 Å². The minimum atomic E-state index is 0.885. The second kappa shape index (κ2) is 16.8. The molecule has 2 nitrogen and oxygen atoms in total. The second-order valence-electron chi connectivity index (χ2n) is 16.9. The van der Waals surface area contributed by atoms with Crippen molar-refractivity contribution < 1.29 is 4.42 Å². The summed E-state index contributed by atoms with van der Waals surface area (Å²) in [6, 6.07) is 93.8. The Morgan fingerprint density at radius 1 is 0.258 bits per heavy atom. The standard InChI is InChI=1S/C64H43NO/c1-4-14-44(15-5-1)47-26-28-48(29-27-47)49-30-35-56(36-31-49)65(57-37-32-50(33-38-57)55-41-53(45-16-6-2-7-17-45)40-54(42-55)46-18-8-3-9-19-46)58-22-12-21-52(43-58)59-24-13-25-62-63(59)61-39-34-51-20-10-11-23-60(51)64(61)66-62/h1-43H. The topological polar surface area (TPSA) is 16.4 Å². The molecule has 2 heteroatoms. The number of furan rings is 1. The van der Waals surface area contributed by atoms with Gasteiger partial charge in [-0.25, -0.2) is 0 Å². The van der Waals surface area contributed by atoms with E-state index in [9.17, 15) is 0 Å². The predicted octanol–water partition coefficient (Wildman–Crippen LogP) is 18.2. The third kappa shape index (κ3) is 7.31.